The number of hydrogen-bond acceptors (Lipinski definition) is 1. The minimum Gasteiger partial charge on any atom is -0.268 e. The highest BCUT2D eigenvalue weighted by Crippen LogP contribution is 1.98. The Kier molecular flexibility index (Phi) is 4.44. The molecule has 0 saturated heterocycles. The first-order valence-corrected chi connectivity index (χ1v) is 5.44. The molecule has 2 nitrogen and oxygen atoms in total. The van der Waals surface area contributed by atoms with E-state index in [-0.39, 0.29) is 0 Å². The number of aromatic nitrogens is 2. The smallest absolute Gasteiger partial charge is 0.0635 e. The average molecular weight is 192 g/mol. The van der Waals surface area contributed by atoms with Crippen LogP contribution < -0.4 is 10.6 Å². The normalized spacial score (nSPS) is 13.9. The summed E-state index contributed by atoms with van der Waals surface area (Å²) in [5.41, 5.74) is 0. The average Bonchev–Trinajstić information content (AvgIpc) is 2.55. The summed E-state index contributed by atoms with van der Waals surface area (Å²) in [6.07, 6.45) is 11.4. The van der Waals surface area contributed by atoms with Crippen molar-refractivity contribution in [3.8, 4) is 0 Å². The third-order valence-electron chi connectivity index (χ3n) is 2.47. The van der Waals surface area contributed by atoms with Crippen LogP contribution in [0.5, 0.6) is 0 Å². The second-order valence-corrected chi connectivity index (χ2v) is 3.60. The molecule has 0 aromatic carbocycles. The van der Waals surface area contributed by atoms with Crippen molar-refractivity contribution in [1.82, 2.24) is 9.78 Å². The molecule has 1 heterocycles. The third-order valence-corrected chi connectivity index (χ3v) is 2.47. The zero-order valence-electron chi connectivity index (χ0n) is 9.45. The Morgan fingerprint density at radius 1 is 1.43 bits per heavy atom. The van der Waals surface area contributed by atoms with Gasteiger partial charge in [-0.3, -0.25) is 4.68 Å². The van der Waals surface area contributed by atoms with Crippen LogP contribution in [0.2, 0.25) is 0 Å². The van der Waals surface area contributed by atoms with E-state index in [1.807, 2.05) is 17.9 Å². The van der Waals surface area contributed by atoms with Gasteiger partial charge in [0.2, 0.25) is 0 Å². The van der Waals surface area contributed by atoms with Gasteiger partial charge >= 0.3 is 0 Å². The Balaban J connectivity index is 2.78. The van der Waals surface area contributed by atoms with Gasteiger partial charge in [0.1, 0.15) is 0 Å². The van der Waals surface area contributed by atoms with Crippen LogP contribution in [-0.4, -0.2) is 9.78 Å². The fraction of sp³-hybridized carbons (Fsp3) is 0.583. The van der Waals surface area contributed by atoms with Gasteiger partial charge in [-0.2, -0.15) is 5.10 Å². The SMILES string of the molecule is C/C=c1/cnn(C)/c1=C/CCCCC. The maximum atomic E-state index is 4.24. The highest BCUT2D eigenvalue weighted by Gasteiger charge is 1.91. The van der Waals surface area contributed by atoms with Crippen molar-refractivity contribution < 1.29 is 0 Å². The Morgan fingerprint density at radius 2 is 2.21 bits per heavy atom. The van der Waals surface area contributed by atoms with Gasteiger partial charge in [0, 0.05) is 12.3 Å². The molecule has 78 valence electrons. The highest BCUT2D eigenvalue weighted by molar-refractivity contribution is 5.25. The van der Waals surface area contributed by atoms with Gasteiger partial charge in [-0.25, -0.2) is 0 Å². The summed E-state index contributed by atoms with van der Waals surface area (Å²) in [4.78, 5) is 0. The minimum atomic E-state index is 1.16. The van der Waals surface area contributed by atoms with Gasteiger partial charge in [-0.05, 0) is 19.8 Å². The summed E-state index contributed by atoms with van der Waals surface area (Å²) in [7, 11) is 2.00. The first-order chi connectivity index (χ1) is 6.79. The zero-order chi connectivity index (χ0) is 10.4. The lowest BCUT2D eigenvalue weighted by Gasteiger charge is -1.92. The standard InChI is InChI=1S/C12H20N2/c1-4-6-7-8-9-12-11(5-2)10-13-14(12)3/h5,9-10H,4,6-8H2,1-3H3/b11-5-,12-9+. The van der Waals surface area contributed by atoms with Gasteiger partial charge in [-0.15, -0.1) is 0 Å². The van der Waals surface area contributed by atoms with Crippen molar-refractivity contribution in [2.45, 2.75) is 39.5 Å². The van der Waals surface area contributed by atoms with E-state index >= 15 is 0 Å². The van der Waals surface area contributed by atoms with Gasteiger partial charge < -0.3 is 0 Å². The number of unbranched alkanes of at least 4 members (excludes halogenated alkanes) is 3. The molecule has 0 fully saturated rings. The number of hydrogen-bond donors (Lipinski definition) is 0. The molecule has 0 radical (unpaired) electrons. The van der Waals surface area contributed by atoms with E-state index in [0.29, 0.717) is 0 Å². The quantitative estimate of drug-likeness (QED) is 0.662. The summed E-state index contributed by atoms with van der Waals surface area (Å²) in [5, 5.41) is 6.73. The second kappa shape index (κ2) is 5.63. The molecule has 0 N–H and O–H groups in total. The van der Waals surface area contributed by atoms with E-state index in [9.17, 15) is 0 Å². The van der Waals surface area contributed by atoms with Crippen molar-refractivity contribution in [2.24, 2.45) is 7.05 Å². The lowest BCUT2D eigenvalue weighted by molar-refractivity contribution is 0.722. The number of rotatable bonds is 4. The molecular weight excluding hydrogens is 172 g/mol. The monoisotopic (exact) mass is 192 g/mol. The molecule has 1 rings (SSSR count). The van der Waals surface area contributed by atoms with Gasteiger partial charge in [0.05, 0.1) is 11.5 Å². The lowest BCUT2D eigenvalue weighted by atomic mass is 10.2. The van der Waals surface area contributed by atoms with Gasteiger partial charge in [0.25, 0.3) is 0 Å². The summed E-state index contributed by atoms with van der Waals surface area (Å²) >= 11 is 0. The Morgan fingerprint density at radius 3 is 2.86 bits per heavy atom. The molecule has 1 aromatic heterocycles. The lowest BCUT2D eigenvalue weighted by Crippen LogP contribution is -2.27. The summed E-state index contributed by atoms with van der Waals surface area (Å²) in [6, 6.07) is 0. The van der Waals surface area contributed by atoms with Crippen LogP contribution >= 0.6 is 0 Å². The predicted octanol–water partition coefficient (Wildman–Crippen LogP) is 1.58. The van der Waals surface area contributed by atoms with Crippen molar-refractivity contribution >= 4 is 12.2 Å². The van der Waals surface area contributed by atoms with Crippen molar-refractivity contribution in [3.63, 3.8) is 0 Å². The molecule has 2 heteroatoms. The zero-order valence-corrected chi connectivity index (χ0v) is 9.45. The van der Waals surface area contributed by atoms with Gasteiger partial charge in [0.15, 0.2) is 0 Å². The molecule has 0 atom stereocenters. The second-order valence-electron chi connectivity index (χ2n) is 3.60. The fourth-order valence-electron chi connectivity index (χ4n) is 1.57. The Hall–Kier alpha value is -1.05. The minimum absolute atomic E-state index is 1.16. The van der Waals surface area contributed by atoms with Crippen LogP contribution in [0.3, 0.4) is 0 Å². The first kappa shape index (κ1) is 11.0. The Bertz CT molecular complexity index is 374. The van der Waals surface area contributed by atoms with Crippen molar-refractivity contribution in [1.29, 1.82) is 0 Å². The number of aryl methyl sites for hydroxylation is 1. The van der Waals surface area contributed by atoms with E-state index in [0.717, 1.165) is 6.42 Å². The van der Waals surface area contributed by atoms with Crippen LogP contribution in [0.15, 0.2) is 6.20 Å². The highest BCUT2D eigenvalue weighted by atomic mass is 15.2. The van der Waals surface area contributed by atoms with Crippen LogP contribution in [0.1, 0.15) is 39.5 Å². The van der Waals surface area contributed by atoms with E-state index in [4.69, 9.17) is 0 Å². The maximum Gasteiger partial charge on any atom is 0.0635 e. The summed E-state index contributed by atoms with van der Waals surface area (Å²) in [6.45, 7) is 4.29. The van der Waals surface area contributed by atoms with E-state index in [1.54, 1.807) is 0 Å². The molecule has 0 bridgehead atoms. The van der Waals surface area contributed by atoms with Gasteiger partial charge in [-0.1, -0.05) is 31.9 Å². The molecule has 0 aliphatic heterocycles. The topological polar surface area (TPSA) is 17.8 Å². The first-order valence-electron chi connectivity index (χ1n) is 5.44. The third kappa shape index (κ3) is 2.72. The molecule has 0 unspecified atom stereocenters. The fourth-order valence-corrected chi connectivity index (χ4v) is 1.57. The maximum absolute atomic E-state index is 4.24. The summed E-state index contributed by atoms with van der Waals surface area (Å²) < 4.78 is 1.95. The summed E-state index contributed by atoms with van der Waals surface area (Å²) in [5.74, 6) is 0. The molecule has 14 heavy (non-hydrogen) atoms. The molecule has 0 aliphatic rings. The van der Waals surface area contributed by atoms with Crippen LogP contribution in [-0.2, 0) is 7.05 Å². The van der Waals surface area contributed by atoms with E-state index in [2.05, 4.69) is 31.1 Å². The van der Waals surface area contributed by atoms with E-state index < -0.39 is 0 Å². The van der Waals surface area contributed by atoms with Crippen LogP contribution in [0, 0.1) is 0 Å². The van der Waals surface area contributed by atoms with Crippen LogP contribution in [0.25, 0.3) is 12.2 Å². The van der Waals surface area contributed by atoms with Crippen molar-refractivity contribution in [3.05, 3.63) is 16.8 Å². The Labute approximate surface area is 85.9 Å². The predicted molar refractivity (Wildman–Crippen MR) is 61.2 cm³/mol. The van der Waals surface area contributed by atoms with E-state index in [1.165, 1.54) is 29.8 Å². The molecule has 0 saturated carbocycles. The molecule has 0 amide bonds. The number of nitrogens with zero attached hydrogens (tertiary/aromatic N) is 2. The largest absolute Gasteiger partial charge is 0.268 e. The molecule has 0 spiro atoms. The van der Waals surface area contributed by atoms with Crippen molar-refractivity contribution in [2.75, 3.05) is 0 Å². The van der Waals surface area contributed by atoms with Crippen LogP contribution in [0.4, 0.5) is 0 Å². The molecule has 0 aliphatic carbocycles. The molecule has 1 aromatic rings. The molecular formula is C12H20N2.